The molecule has 0 saturated carbocycles. The molecule has 25 heavy (non-hydrogen) atoms. The first kappa shape index (κ1) is 17.4. The topological polar surface area (TPSA) is 89.9 Å². The van der Waals surface area contributed by atoms with E-state index >= 15 is 0 Å². The van der Waals surface area contributed by atoms with Crippen molar-refractivity contribution in [2.24, 2.45) is 0 Å². The maximum atomic E-state index is 12.4. The van der Waals surface area contributed by atoms with Crippen molar-refractivity contribution >= 4 is 27.1 Å². The standard InChI is InChI=1S/C17H19N3O4S/c1-25(22,23)15-4-2-13(3-5-15)19-17(21)16-12-14(6-7-18-16)20-8-10-24-11-9-20/h2-7,12H,8-11H2,1H3,(H,19,21)/p+1. The number of nitrogens with one attached hydrogen (secondary N) is 2. The summed E-state index contributed by atoms with van der Waals surface area (Å²) in [6, 6.07) is 9.80. The molecule has 1 aromatic carbocycles. The van der Waals surface area contributed by atoms with Crippen LogP contribution in [-0.4, -0.2) is 46.9 Å². The lowest BCUT2D eigenvalue weighted by atomic mass is 10.2. The predicted octanol–water partition coefficient (Wildman–Crippen LogP) is 0.993. The van der Waals surface area contributed by atoms with Gasteiger partial charge < -0.3 is 15.0 Å². The van der Waals surface area contributed by atoms with Crippen molar-refractivity contribution in [3.8, 4) is 0 Å². The van der Waals surface area contributed by atoms with Crippen molar-refractivity contribution in [1.29, 1.82) is 0 Å². The molecule has 0 bridgehead atoms. The number of H-pyrrole nitrogens is 1. The van der Waals surface area contributed by atoms with Gasteiger partial charge in [0.15, 0.2) is 16.0 Å². The molecule has 0 atom stereocenters. The lowest BCUT2D eigenvalue weighted by molar-refractivity contribution is -0.381. The molecule has 2 heterocycles. The van der Waals surface area contributed by atoms with Crippen LogP contribution in [0.5, 0.6) is 0 Å². The maximum absolute atomic E-state index is 12.4. The number of morpholine rings is 1. The van der Waals surface area contributed by atoms with Crippen LogP contribution in [0.4, 0.5) is 11.4 Å². The van der Waals surface area contributed by atoms with Gasteiger partial charge in [0.05, 0.1) is 18.1 Å². The van der Waals surface area contributed by atoms with Crippen LogP contribution in [0.25, 0.3) is 0 Å². The lowest BCUT2D eigenvalue weighted by Gasteiger charge is -2.28. The largest absolute Gasteiger partial charge is 0.378 e. The fourth-order valence-electron chi connectivity index (χ4n) is 2.59. The van der Waals surface area contributed by atoms with Gasteiger partial charge in [0.25, 0.3) is 5.69 Å². The average molecular weight is 362 g/mol. The SMILES string of the molecule is CS(=O)(=O)c1ccc(NC(=O)c2cc(N3CCOCC3)cc[nH+]2)cc1. The minimum atomic E-state index is -3.25. The van der Waals surface area contributed by atoms with Crippen molar-refractivity contribution in [1.82, 2.24) is 0 Å². The van der Waals surface area contributed by atoms with Gasteiger partial charge in [0, 0.05) is 42.9 Å². The first-order chi connectivity index (χ1) is 11.9. The average Bonchev–Trinajstić information content (AvgIpc) is 2.62. The molecule has 0 unspecified atom stereocenters. The fraction of sp³-hybridized carbons (Fsp3) is 0.294. The molecule has 1 aliphatic heterocycles. The Labute approximate surface area is 146 Å². The Kier molecular flexibility index (Phi) is 5.00. The van der Waals surface area contributed by atoms with Crippen LogP contribution in [0.15, 0.2) is 47.5 Å². The summed E-state index contributed by atoms with van der Waals surface area (Å²) in [5.41, 5.74) is 1.92. The van der Waals surface area contributed by atoms with Crippen LogP contribution in [0, 0.1) is 0 Å². The van der Waals surface area contributed by atoms with E-state index in [1.165, 1.54) is 12.1 Å². The number of hydrogen-bond donors (Lipinski definition) is 1. The molecule has 2 aromatic rings. The number of carbonyl (C=O) groups excluding carboxylic acids is 1. The van der Waals surface area contributed by atoms with Gasteiger partial charge in [-0.2, -0.15) is 0 Å². The Balaban J connectivity index is 1.72. The van der Waals surface area contributed by atoms with E-state index in [4.69, 9.17) is 4.74 Å². The highest BCUT2D eigenvalue weighted by atomic mass is 32.2. The number of aromatic amines is 1. The van der Waals surface area contributed by atoms with E-state index in [2.05, 4.69) is 15.2 Å². The number of carbonyl (C=O) groups is 1. The summed E-state index contributed by atoms with van der Waals surface area (Å²) < 4.78 is 28.3. The molecule has 0 aliphatic carbocycles. The van der Waals surface area contributed by atoms with Crippen molar-refractivity contribution in [2.45, 2.75) is 4.90 Å². The van der Waals surface area contributed by atoms with Gasteiger partial charge in [-0.15, -0.1) is 0 Å². The van der Waals surface area contributed by atoms with E-state index in [1.54, 1.807) is 24.4 Å². The van der Waals surface area contributed by atoms with Crippen LogP contribution < -0.4 is 15.2 Å². The summed E-state index contributed by atoms with van der Waals surface area (Å²) in [6.07, 6.45) is 2.87. The van der Waals surface area contributed by atoms with Gasteiger partial charge in [-0.25, -0.2) is 13.4 Å². The molecule has 1 aromatic heterocycles. The molecule has 0 spiro atoms. The van der Waals surface area contributed by atoms with Crippen molar-refractivity contribution in [3.63, 3.8) is 0 Å². The number of aromatic nitrogens is 1. The highest BCUT2D eigenvalue weighted by Gasteiger charge is 2.18. The van der Waals surface area contributed by atoms with Gasteiger partial charge in [-0.3, -0.25) is 4.79 Å². The summed E-state index contributed by atoms with van der Waals surface area (Å²) in [5.74, 6) is -0.290. The van der Waals surface area contributed by atoms with E-state index in [0.717, 1.165) is 25.0 Å². The highest BCUT2D eigenvalue weighted by molar-refractivity contribution is 7.90. The summed E-state index contributed by atoms with van der Waals surface area (Å²) in [7, 11) is -3.25. The van der Waals surface area contributed by atoms with Gasteiger partial charge in [-0.1, -0.05) is 0 Å². The first-order valence-corrected chi connectivity index (χ1v) is 9.78. The Morgan fingerprint density at radius 3 is 2.48 bits per heavy atom. The number of rotatable bonds is 4. The molecule has 2 N–H and O–H groups in total. The van der Waals surface area contributed by atoms with E-state index in [9.17, 15) is 13.2 Å². The highest BCUT2D eigenvalue weighted by Crippen LogP contribution is 2.17. The molecule has 8 heteroatoms. The minimum absolute atomic E-state index is 0.214. The normalized spacial score (nSPS) is 15.0. The Bertz CT molecular complexity index is 860. The summed E-state index contributed by atoms with van der Waals surface area (Å²) in [4.78, 5) is 17.7. The van der Waals surface area contributed by atoms with E-state index in [-0.39, 0.29) is 10.8 Å². The third-order valence-corrected chi connectivity index (χ3v) is 5.07. The van der Waals surface area contributed by atoms with Crippen molar-refractivity contribution in [2.75, 3.05) is 42.8 Å². The number of ether oxygens (including phenoxy) is 1. The molecular weight excluding hydrogens is 342 g/mol. The van der Waals surface area contributed by atoms with Gasteiger partial charge in [0.1, 0.15) is 0 Å². The molecule has 1 aliphatic rings. The zero-order chi connectivity index (χ0) is 17.9. The number of anilines is 2. The molecule has 1 amide bonds. The zero-order valence-electron chi connectivity index (χ0n) is 13.9. The third kappa shape index (κ3) is 4.34. The second kappa shape index (κ2) is 7.20. The minimum Gasteiger partial charge on any atom is -0.378 e. The van der Waals surface area contributed by atoms with Gasteiger partial charge >= 0.3 is 5.91 Å². The van der Waals surface area contributed by atoms with Crippen LogP contribution in [0.2, 0.25) is 0 Å². The van der Waals surface area contributed by atoms with Crippen LogP contribution in [-0.2, 0) is 14.6 Å². The van der Waals surface area contributed by atoms with Crippen molar-refractivity contribution in [3.05, 3.63) is 48.3 Å². The number of nitrogens with zero attached hydrogens (tertiary/aromatic N) is 1. The molecule has 7 nitrogen and oxygen atoms in total. The Morgan fingerprint density at radius 2 is 1.84 bits per heavy atom. The molecule has 1 fully saturated rings. The van der Waals surface area contributed by atoms with Crippen molar-refractivity contribution < 1.29 is 22.9 Å². The van der Waals surface area contributed by atoms with Gasteiger partial charge in [0.2, 0.25) is 0 Å². The summed E-state index contributed by atoms with van der Waals surface area (Å²) in [6.45, 7) is 2.93. The molecule has 132 valence electrons. The molecule has 3 rings (SSSR count). The van der Waals surface area contributed by atoms with E-state index in [0.29, 0.717) is 24.6 Å². The second-order valence-corrected chi connectivity index (χ2v) is 7.83. The number of sulfone groups is 1. The quantitative estimate of drug-likeness (QED) is 0.876. The summed E-state index contributed by atoms with van der Waals surface area (Å²) >= 11 is 0. The second-order valence-electron chi connectivity index (χ2n) is 5.81. The van der Waals surface area contributed by atoms with Crippen LogP contribution >= 0.6 is 0 Å². The smallest absolute Gasteiger partial charge is 0.320 e. The lowest BCUT2D eigenvalue weighted by Crippen LogP contribution is -2.36. The monoisotopic (exact) mass is 362 g/mol. The number of pyridine rings is 1. The number of benzene rings is 1. The molecule has 0 radical (unpaired) electrons. The Hall–Kier alpha value is -2.45. The van der Waals surface area contributed by atoms with Crippen LogP contribution in [0.3, 0.4) is 0 Å². The summed E-state index contributed by atoms with van der Waals surface area (Å²) in [5, 5.41) is 2.76. The van der Waals surface area contributed by atoms with Gasteiger partial charge in [-0.05, 0) is 24.3 Å². The molecular formula is C17H20N3O4S+. The number of amides is 1. The predicted molar refractivity (Wildman–Crippen MR) is 93.5 cm³/mol. The zero-order valence-corrected chi connectivity index (χ0v) is 14.7. The molecule has 1 saturated heterocycles. The van der Waals surface area contributed by atoms with E-state index < -0.39 is 9.84 Å². The van der Waals surface area contributed by atoms with Crippen LogP contribution in [0.1, 0.15) is 10.5 Å². The first-order valence-electron chi connectivity index (χ1n) is 7.89. The fourth-order valence-corrected chi connectivity index (χ4v) is 3.22. The van der Waals surface area contributed by atoms with E-state index in [1.807, 2.05) is 6.07 Å². The number of hydrogen-bond acceptors (Lipinski definition) is 5. The Morgan fingerprint density at radius 1 is 1.16 bits per heavy atom. The third-order valence-electron chi connectivity index (χ3n) is 3.95. The maximum Gasteiger partial charge on any atom is 0.320 e.